The molecular formula is C16H24N2O4S. The average Bonchev–Trinajstić information content (AvgIpc) is 2.78. The molecule has 1 saturated heterocycles. The van der Waals surface area contributed by atoms with Crippen molar-refractivity contribution in [2.45, 2.75) is 39.9 Å². The number of thiophene rings is 1. The smallest absolute Gasteiger partial charge is 0.341 e. The Labute approximate surface area is 140 Å². The molecule has 23 heavy (non-hydrogen) atoms. The van der Waals surface area contributed by atoms with Gasteiger partial charge in [0.1, 0.15) is 5.00 Å². The number of hydrogen-bond donors (Lipinski definition) is 1. The molecule has 0 aliphatic carbocycles. The van der Waals surface area contributed by atoms with Crippen LogP contribution in [0.4, 0.5) is 5.00 Å². The molecule has 1 amide bonds. The number of carbonyl (C=O) groups excluding carboxylic acids is 2. The lowest BCUT2D eigenvalue weighted by molar-refractivity contribution is -0.121. The van der Waals surface area contributed by atoms with Gasteiger partial charge in [-0.3, -0.25) is 9.69 Å². The van der Waals surface area contributed by atoms with E-state index in [2.05, 4.69) is 10.2 Å². The van der Waals surface area contributed by atoms with Crippen LogP contribution in [0.2, 0.25) is 0 Å². The summed E-state index contributed by atoms with van der Waals surface area (Å²) in [4.78, 5) is 27.3. The molecule has 2 rings (SSSR count). The normalized spacial score (nSPS) is 21.9. The first kappa shape index (κ1) is 17.9. The summed E-state index contributed by atoms with van der Waals surface area (Å²) in [6, 6.07) is 1.75. The van der Waals surface area contributed by atoms with E-state index in [1.165, 1.54) is 11.3 Å². The number of morpholine rings is 1. The summed E-state index contributed by atoms with van der Waals surface area (Å²) >= 11 is 1.38. The van der Waals surface area contributed by atoms with Crippen molar-refractivity contribution in [3.05, 3.63) is 16.5 Å². The molecule has 2 heterocycles. The maximum atomic E-state index is 12.3. The number of anilines is 1. The Hall–Kier alpha value is -1.44. The van der Waals surface area contributed by atoms with Crippen molar-refractivity contribution < 1.29 is 19.1 Å². The average molecular weight is 340 g/mol. The summed E-state index contributed by atoms with van der Waals surface area (Å²) in [7, 11) is 0. The van der Waals surface area contributed by atoms with Crippen LogP contribution in [0.3, 0.4) is 0 Å². The van der Waals surface area contributed by atoms with Gasteiger partial charge in [-0.25, -0.2) is 4.79 Å². The molecule has 1 aliphatic rings. The predicted octanol–water partition coefficient (Wildman–Crippen LogP) is 2.28. The van der Waals surface area contributed by atoms with E-state index in [9.17, 15) is 9.59 Å². The number of ether oxygens (including phenoxy) is 2. The molecule has 2 atom stereocenters. The van der Waals surface area contributed by atoms with Crippen molar-refractivity contribution in [2.24, 2.45) is 0 Å². The van der Waals surface area contributed by atoms with E-state index >= 15 is 0 Å². The Bertz CT molecular complexity index is 562. The third-order valence-electron chi connectivity index (χ3n) is 3.47. The van der Waals surface area contributed by atoms with E-state index in [4.69, 9.17) is 9.47 Å². The molecule has 1 aromatic rings. The fourth-order valence-electron chi connectivity index (χ4n) is 2.75. The maximum Gasteiger partial charge on any atom is 0.341 e. The quantitative estimate of drug-likeness (QED) is 0.833. The van der Waals surface area contributed by atoms with Gasteiger partial charge in [0, 0.05) is 18.0 Å². The lowest BCUT2D eigenvalue weighted by Gasteiger charge is -2.34. The molecule has 0 radical (unpaired) electrons. The van der Waals surface area contributed by atoms with Crippen LogP contribution in [0.5, 0.6) is 0 Å². The second-order valence-electron chi connectivity index (χ2n) is 5.82. The summed E-state index contributed by atoms with van der Waals surface area (Å²) < 4.78 is 10.7. The fraction of sp³-hybridized carbons (Fsp3) is 0.625. The van der Waals surface area contributed by atoms with E-state index in [1.54, 1.807) is 13.0 Å². The van der Waals surface area contributed by atoms with Crippen LogP contribution < -0.4 is 5.32 Å². The predicted molar refractivity (Wildman–Crippen MR) is 90.1 cm³/mol. The van der Waals surface area contributed by atoms with Gasteiger partial charge >= 0.3 is 5.97 Å². The number of hydrogen-bond acceptors (Lipinski definition) is 6. The topological polar surface area (TPSA) is 67.9 Å². The molecule has 1 aromatic heterocycles. The highest BCUT2D eigenvalue weighted by atomic mass is 32.1. The SMILES string of the molecule is CCOC(=O)c1cc(C)sc1NC(=O)CN1CC(C)OC(C)C1. The monoisotopic (exact) mass is 340 g/mol. The summed E-state index contributed by atoms with van der Waals surface area (Å²) in [5, 5.41) is 3.40. The van der Waals surface area contributed by atoms with E-state index < -0.39 is 5.97 Å². The summed E-state index contributed by atoms with van der Waals surface area (Å²) in [5.41, 5.74) is 0.423. The largest absolute Gasteiger partial charge is 0.462 e. The molecule has 1 N–H and O–H groups in total. The lowest BCUT2D eigenvalue weighted by atomic mass is 10.2. The number of nitrogens with zero attached hydrogens (tertiary/aromatic N) is 1. The number of amides is 1. The van der Waals surface area contributed by atoms with Crippen molar-refractivity contribution >= 4 is 28.2 Å². The third-order valence-corrected chi connectivity index (χ3v) is 4.43. The first-order chi connectivity index (χ1) is 10.9. The number of aryl methyl sites for hydroxylation is 1. The Morgan fingerprint density at radius 2 is 2.04 bits per heavy atom. The molecule has 1 aliphatic heterocycles. The van der Waals surface area contributed by atoms with Crippen molar-refractivity contribution in [1.82, 2.24) is 4.90 Å². The Morgan fingerprint density at radius 1 is 1.39 bits per heavy atom. The summed E-state index contributed by atoms with van der Waals surface area (Å²) in [6.45, 7) is 9.72. The minimum Gasteiger partial charge on any atom is -0.462 e. The minimum atomic E-state index is -0.402. The van der Waals surface area contributed by atoms with Crippen molar-refractivity contribution in [3.63, 3.8) is 0 Å². The Kier molecular flexibility index (Phi) is 6.15. The number of esters is 1. The maximum absolute atomic E-state index is 12.3. The standard InChI is InChI=1S/C16H24N2O4S/c1-5-21-16(20)13-6-12(4)23-15(13)17-14(19)9-18-7-10(2)22-11(3)8-18/h6,10-11H,5,7-9H2,1-4H3,(H,17,19). The number of rotatable bonds is 5. The van der Waals surface area contributed by atoms with Gasteiger partial charge in [-0.2, -0.15) is 0 Å². The van der Waals surface area contributed by atoms with Crippen LogP contribution in [0.15, 0.2) is 6.07 Å². The highest BCUT2D eigenvalue weighted by Crippen LogP contribution is 2.28. The van der Waals surface area contributed by atoms with Gasteiger partial charge in [-0.05, 0) is 33.8 Å². The van der Waals surface area contributed by atoms with E-state index in [0.717, 1.165) is 18.0 Å². The van der Waals surface area contributed by atoms with Gasteiger partial charge in [-0.15, -0.1) is 11.3 Å². The molecule has 0 spiro atoms. The van der Waals surface area contributed by atoms with E-state index in [1.807, 2.05) is 20.8 Å². The molecule has 128 valence electrons. The van der Waals surface area contributed by atoms with Gasteiger partial charge < -0.3 is 14.8 Å². The number of carbonyl (C=O) groups is 2. The van der Waals surface area contributed by atoms with Crippen LogP contribution in [-0.2, 0) is 14.3 Å². The van der Waals surface area contributed by atoms with E-state index in [-0.39, 0.29) is 24.7 Å². The molecule has 7 heteroatoms. The highest BCUT2D eigenvalue weighted by Gasteiger charge is 2.24. The highest BCUT2D eigenvalue weighted by molar-refractivity contribution is 7.16. The summed E-state index contributed by atoms with van der Waals surface area (Å²) in [6.07, 6.45) is 0.233. The van der Waals surface area contributed by atoms with Crippen molar-refractivity contribution in [3.8, 4) is 0 Å². The zero-order valence-corrected chi connectivity index (χ0v) is 14.9. The second-order valence-corrected chi connectivity index (χ2v) is 7.08. The molecule has 0 bridgehead atoms. The fourth-order valence-corrected chi connectivity index (χ4v) is 3.67. The molecule has 1 fully saturated rings. The zero-order chi connectivity index (χ0) is 17.0. The first-order valence-electron chi connectivity index (χ1n) is 7.84. The second kappa shape index (κ2) is 7.90. The number of nitrogens with one attached hydrogen (secondary N) is 1. The molecule has 2 unspecified atom stereocenters. The minimum absolute atomic E-state index is 0.116. The van der Waals surface area contributed by atoms with Crippen molar-refractivity contribution in [1.29, 1.82) is 0 Å². The van der Waals surface area contributed by atoms with Crippen LogP contribution in [-0.4, -0.2) is 55.2 Å². The molecule has 6 nitrogen and oxygen atoms in total. The van der Waals surface area contributed by atoms with Crippen molar-refractivity contribution in [2.75, 3.05) is 31.6 Å². The molecular weight excluding hydrogens is 316 g/mol. The Morgan fingerprint density at radius 3 is 2.65 bits per heavy atom. The van der Waals surface area contributed by atoms with Gasteiger partial charge in [0.05, 0.1) is 30.9 Å². The van der Waals surface area contributed by atoms with Gasteiger partial charge in [-0.1, -0.05) is 0 Å². The first-order valence-corrected chi connectivity index (χ1v) is 8.66. The van der Waals surface area contributed by atoms with Gasteiger partial charge in [0.25, 0.3) is 0 Å². The summed E-state index contributed by atoms with van der Waals surface area (Å²) in [5.74, 6) is -0.528. The van der Waals surface area contributed by atoms with Crippen LogP contribution in [0.1, 0.15) is 36.0 Å². The zero-order valence-electron chi connectivity index (χ0n) is 14.0. The third kappa shape index (κ3) is 5.02. The van der Waals surface area contributed by atoms with Crippen LogP contribution in [0, 0.1) is 6.92 Å². The molecule has 0 aromatic carbocycles. The van der Waals surface area contributed by atoms with Gasteiger partial charge in [0.15, 0.2) is 0 Å². The van der Waals surface area contributed by atoms with Gasteiger partial charge in [0.2, 0.25) is 5.91 Å². The van der Waals surface area contributed by atoms with Crippen LogP contribution in [0.25, 0.3) is 0 Å². The lowest BCUT2D eigenvalue weighted by Crippen LogP contribution is -2.48. The van der Waals surface area contributed by atoms with E-state index in [0.29, 0.717) is 17.2 Å². The van der Waals surface area contributed by atoms with Crippen LogP contribution >= 0.6 is 11.3 Å². The Balaban J connectivity index is 1.99. The molecule has 0 saturated carbocycles.